The Hall–Kier alpha value is -3.70. The molecular weight excluding hydrogens is 564 g/mol. The lowest BCUT2D eigenvalue weighted by Gasteiger charge is -2.34. The highest BCUT2D eigenvalue weighted by Gasteiger charge is 2.38. The number of anilines is 1. The van der Waals surface area contributed by atoms with E-state index < -0.39 is 40.8 Å². The quantitative estimate of drug-likeness (QED) is 0.429. The first-order chi connectivity index (χ1) is 20.1. The molecule has 3 aliphatic rings. The molecule has 42 heavy (non-hydrogen) atoms. The van der Waals surface area contributed by atoms with E-state index in [1.807, 2.05) is 0 Å². The molecule has 0 bridgehead atoms. The van der Waals surface area contributed by atoms with Crippen LogP contribution in [0.4, 0.5) is 32.2 Å². The van der Waals surface area contributed by atoms with Crippen molar-refractivity contribution in [3.8, 4) is 23.3 Å². The van der Waals surface area contributed by atoms with Crippen LogP contribution in [0, 0.1) is 23.0 Å². The molecule has 6 rings (SSSR count). The van der Waals surface area contributed by atoms with Crippen LogP contribution in [0.3, 0.4) is 0 Å². The average molecular weight is 594 g/mol. The van der Waals surface area contributed by atoms with Crippen LogP contribution in [0.25, 0.3) is 22.2 Å². The molecule has 3 fully saturated rings. The molecule has 3 unspecified atom stereocenters. The Morgan fingerprint density at radius 2 is 1.98 bits per heavy atom. The third-order valence-electron chi connectivity index (χ3n) is 7.73. The van der Waals surface area contributed by atoms with Crippen molar-refractivity contribution in [2.75, 3.05) is 44.7 Å². The molecule has 1 N–H and O–H groups in total. The van der Waals surface area contributed by atoms with E-state index in [1.54, 1.807) is 4.90 Å². The van der Waals surface area contributed by atoms with Crippen molar-refractivity contribution in [3.63, 3.8) is 0 Å². The van der Waals surface area contributed by atoms with Crippen LogP contribution in [-0.2, 0) is 6.18 Å². The molecule has 5 heterocycles. The van der Waals surface area contributed by atoms with Gasteiger partial charge >= 0.3 is 12.2 Å². The molecule has 0 saturated carbocycles. The van der Waals surface area contributed by atoms with Gasteiger partial charge in [0.2, 0.25) is 0 Å². The smallest absolute Gasteiger partial charge is 0.419 e. The Balaban J connectivity index is 0.000000330. The number of rotatable bonds is 4. The van der Waals surface area contributed by atoms with E-state index in [0.29, 0.717) is 38.3 Å². The summed E-state index contributed by atoms with van der Waals surface area (Å²) in [5, 5.41) is 12.3. The lowest BCUT2D eigenvalue weighted by atomic mass is 10.0. The molecule has 8 nitrogen and oxygen atoms in total. The number of methoxy groups -OCH3 is 1. The predicted molar refractivity (Wildman–Crippen MR) is 143 cm³/mol. The number of ether oxygens (including phenoxy) is 1. The van der Waals surface area contributed by atoms with Crippen molar-refractivity contribution in [2.45, 2.75) is 50.1 Å². The van der Waals surface area contributed by atoms with Crippen LogP contribution in [-0.4, -0.2) is 77.9 Å². The zero-order valence-corrected chi connectivity index (χ0v) is 22.8. The Bertz CT molecular complexity index is 1470. The topological polar surface area (TPSA) is 90.2 Å². The van der Waals surface area contributed by atoms with Gasteiger partial charge in [-0.25, -0.2) is 13.2 Å². The number of hydrogen-bond acceptors (Lipinski definition) is 8. The molecule has 3 aromatic rings. The van der Waals surface area contributed by atoms with Crippen molar-refractivity contribution in [2.24, 2.45) is 0 Å². The van der Waals surface area contributed by atoms with Crippen molar-refractivity contribution in [3.05, 3.63) is 41.6 Å². The number of aromatic nitrogens is 3. The van der Waals surface area contributed by atoms with Gasteiger partial charge in [0, 0.05) is 50.0 Å². The molecule has 3 saturated heterocycles. The molecular formula is C28H29F6N7O. The number of nitriles is 1. The van der Waals surface area contributed by atoms with Gasteiger partial charge in [-0.3, -0.25) is 9.88 Å². The standard InChI is InChI=1S/C21H17F5N6O.C7H12FN/c1-33-20-30-18-13(19(31-20)32-8-7-28-11(10-32)5-6-27)9-29-17(16(18)23)12-3-2-4-14(22)15(12)21(24,25)26;8-6-4-7-2-1-3-9(7)5-6/h2-4,9,11,28H,5,7-8,10H2,1H3;6-7H,1-5H2. The summed E-state index contributed by atoms with van der Waals surface area (Å²) in [5.41, 5.74) is -3.35. The zero-order valence-electron chi connectivity index (χ0n) is 22.8. The molecule has 224 valence electrons. The van der Waals surface area contributed by atoms with Crippen molar-refractivity contribution in [1.82, 2.24) is 25.2 Å². The Kier molecular flexibility index (Phi) is 8.70. The van der Waals surface area contributed by atoms with E-state index in [1.165, 1.54) is 20.0 Å². The summed E-state index contributed by atoms with van der Waals surface area (Å²) in [6.45, 7) is 3.25. The van der Waals surface area contributed by atoms with Crippen LogP contribution in [0.5, 0.6) is 6.01 Å². The summed E-state index contributed by atoms with van der Waals surface area (Å²) < 4.78 is 87.8. The van der Waals surface area contributed by atoms with E-state index >= 15 is 4.39 Å². The third kappa shape index (κ3) is 6.07. The highest BCUT2D eigenvalue weighted by Crippen LogP contribution is 2.40. The number of benzene rings is 1. The largest absolute Gasteiger partial charge is 0.467 e. The summed E-state index contributed by atoms with van der Waals surface area (Å²) in [5.74, 6) is -2.42. The Labute approximate surface area is 238 Å². The average Bonchev–Trinajstić information content (AvgIpc) is 3.54. The molecule has 0 radical (unpaired) electrons. The highest BCUT2D eigenvalue weighted by atomic mass is 19.4. The van der Waals surface area contributed by atoms with Gasteiger partial charge in [0.05, 0.1) is 25.0 Å². The molecule has 1 aromatic carbocycles. The number of fused-ring (bicyclic) bond motifs is 2. The van der Waals surface area contributed by atoms with Crippen LogP contribution < -0.4 is 15.0 Å². The van der Waals surface area contributed by atoms with Crippen LogP contribution >= 0.6 is 0 Å². The minimum Gasteiger partial charge on any atom is -0.467 e. The zero-order chi connectivity index (χ0) is 30.0. The lowest BCUT2D eigenvalue weighted by molar-refractivity contribution is -0.139. The first-order valence-corrected chi connectivity index (χ1v) is 13.6. The first kappa shape index (κ1) is 29.8. The van der Waals surface area contributed by atoms with Gasteiger partial charge in [-0.1, -0.05) is 12.1 Å². The second-order valence-corrected chi connectivity index (χ2v) is 10.5. The number of hydrogen-bond donors (Lipinski definition) is 1. The molecule has 0 amide bonds. The first-order valence-electron chi connectivity index (χ1n) is 13.6. The number of alkyl halides is 4. The highest BCUT2D eigenvalue weighted by molar-refractivity contribution is 5.92. The van der Waals surface area contributed by atoms with Crippen molar-refractivity contribution in [1.29, 1.82) is 5.26 Å². The Morgan fingerprint density at radius 3 is 2.69 bits per heavy atom. The Morgan fingerprint density at radius 1 is 1.17 bits per heavy atom. The lowest BCUT2D eigenvalue weighted by Crippen LogP contribution is -2.51. The summed E-state index contributed by atoms with van der Waals surface area (Å²) in [4.78, 5) is 16.3. The molecule has 14 heteroatoms. The van der Waals surface area contributed by atoms with Gasteiger partial charge in [-0.15, -0.1) is 0 Å². The second kappa shape index (κ2) is 12.3. The van der Waals surface area contributed by atoms with Crippen molar-refractivity contribution >= 4 is 16.7 Å². The van der Waals surface area contributed by atoms with E-state index in [4.69, 9.17) is 10.00 Å². The summed E-state index contributed by atoms with van der Waals surface area (Å²) in [6, 6.07) is 4.99. The summed E-state index contributed by atoms with van der Waals surface area (Å²) >= 11 is 0. The summed E-state index contributed by atoms with van der Waals surface area (Å²) in [7, 11) is 1.27. The van der Waals surface area contributed by atoms with Gasteiger partial charge in [0.1, 0.15) is 34.6 Å². The maximum atomic E-state index is 15.5. The fraction of sp³-hybridized carbons (Fsp3) is 0.500. The molecule has 2 aromatic heterocycles. The van der Waals surface area contributed by atoms with Gasteiger partial charge in [0.15, 0.2) is 5.82 Å². The van der Waals surface area contributed by atoms with Crippen LogP contribution in [0.1, 0.15) is 31.2 Å². The van der Waals surface area contributed by atoms with Gasteiger partial charge in [0.25, 0.3) is 0 Å². The maximum Gasteiger partial charge on any atom is 0.419 e. The fourth-order valence-electron chi connectivity index (χ4n) is 5.84. The number of pyridine rings is 1. The van der Waals surface area contributed by atoms with Gasteiger partial charge in [-0.05, 0) is 31.9 Å². The summed E-state index contributed by atoms with van der Waals surface area (Å²) in [6.07, 6.45) is -0.843. The third-order valence-corrected chi connectivity index (χ3v) is 7.73. The van der Waals surface area contributed by atoms with Crippen molar-refractivity contribution < 1.29 is 31.1 Å². The molecule has 0 aliphatic carbocycles. The number of nitrogens with one attached hydrogen (secondary N) is 1. The van der Waals surface area contributed by atoms with E-state index in [2.05, 4.69) is 31.2 Å². The molecule has 3 atom stereocenters. The van der Waals surface area contributed by atoms with Crippen LogP contribution in [0.2, 0.25) is 0 Å². The second-order valence-electron chi connectivity index (χ2n) is 10.5. The minimum absolute atomic E-state index is 0.152. The number of halogens is 6. The van der Waals surface area contributed by atoms with Gasteiger partial charge < -0.3 is 15.0 Å². The van der Waals surface area contributed by atoms with E-state index in [0.717, 1.165) is 31.3 Å². The minimum atomic E-state index is -5.06. The number of nitrogens with zero attached hydrogens (tertiary/aromatic N) is 6. The maximum absolute atomic E-state index is 15.5. The SMILES string of the molecule is COc1nc(N2CCNC(CC#N)C2)c2cnc(-c3cccc(F)c3C(F)(F)F)c(F)c2n1.FC1CC2CCCN2C1. The van der Waals surface area contributed by atoms with E-state index in [9.17, 15) is 22.0 Å². The normalized spacial score (nSPS) is 22.4. The molecule has 0 spiro atoms. The van der Waals surface area contributed by atoms with Crippen LogP contribution in [0.15, 0.2) is 24.4 Å². The fourth-order valence-corrected chi connectivity index (χ4v) is 5.84. The van der Waals surface area contributed by atoms with E-state index in [-0.39, 0.29) is 35.2 Å². The van der Waals surface area contributed by atoms with Gasteiger partial charge in [-0.2, -0.15) is 28.4 Å². The number of piperazine rings is 1. The molecule has 3 aliphatic heterocycles. The predicted octanol–water partition coefficient (Wildman–Crippen LogP) is 4.88. The monoisotopic (exact) mass is 593 g/mol.